The Morgan fingerprint density at radius 2 is 2.00 bits per heavy atom. The second kappa shape index (κ2) is 3.66. The topological polar surface area (TPSA) is 55.1 Å². The van der Waals surface area contributed by atoms with Gasteiger partial charge in [0.15, 0.2) is 0 Å². The number of hydrogen-bond donors (Lipinski definition) is 2. The number of carbonyl (C=O) groups is 1. The predicted octanol–water partition coefficient (Wildman–Crippen LogP) is 0.886. The van der Waals surface area contributed by atoms with Crippen molar-refractivity contribution in [2.24, 2.45) is 17.1 Å². The SMILES string of the molecule is CC(C)(C)CNC(=O)C1CC(N)C1. The van der Waals surface area contributed by atoms with Crippen LogP contribution in [0.4, 0.5) is 0 Å². The lowest BCUT2D eigenvalue weighted by Crippen LogP contribution is -2.46. The average Bonchev–Trinajstić information content (AvgIpc) is 1.93. The first-order chi connectivity index (χ1) is 5.88. The normalized spacial score (nSPS) is 28.0. The largest absolute Gasteiger partial charge is 0.355 e. The lowest BCUT2D eigenvalue weighted by Gasteiger charge is -2.32. The Hall–Kier alpha value is -0.570. The van der Waals surface area contributed by atoms with Crippen molar-refractivity contribution in [1.82, 2.24) is 5.32 Å². The molecule has 0 aromatic rings. The van der Waals surface area contributed by atoms with Gasteiger partial charge in [-0.25, -0.2) is 0 Å². The van der Waals surface area contributed by atoms with Gasteiger partial charge in [0.05, 0.1) is 0 Å². The third-order valence-electron chi connectivity index (χ3n) is 2.34. The van der Waals surface area contributed by atoms with E-state index in [4.69, 9.17) is 5.73 Å². The highest BCUT2D eigenvalue weighted by Gasteiger charge is 2.32. The van der Waals surface area contributed by atoms with Crippen LogP contribution in [0.3, 0.4) is 0 Å². The van der Waals surface area contributed by atoms with Gasteiger partial charge in [-0.3, -0.25) is 4.79 Å². The summed E-state index contributed by atoms with van der Waals surface area (Å²) in [6.07, 6.45) is 1.71. The molecule has 1 aliphatic rings. The van der Waals surface area contributed by atoms with Gasteiger partial charge in [0, 0.05) is 18.5 Å². The van der Waals surface area contributed by atoms with E-state index in [1.165, 1.54) is 0 Å². The summed E-state index contributed by atoms with van der Waals surface area (Å²) in [4.78, 5) is 11.5. The highest BCUT2D eigenvalue weighted by atomic mass is 16.1. The van der Waals surface area contributed by atoms with Crippen molar-refractivity contribution in [1.29, 1.82) is 0 Å². The van der Waals surface area contributed by atoms with Crippen molar-refractivity contribution in [3.8, 4) is 0 Å². The smallest absolute Gasteiger partial charge is 0.223 e. The van der Waals surface area contributed by atoms with Gasteiger partial charge in [-0.1, -0.05) is 20.8 Å². The lowest BCUT2D eigenvalue weighted by molar-refractivity contribution is -0.128. The zero-order valence-electron chi connectivity index (χ0n) is 8.76. The number of hydrogen-bond acceptors (Lipinski definition) is 2. The van der Waals surface area contributed by atoms with Crippen LogP contribution in [0.15, 0.2) is 0 Å². The van der Waals surface area contributed by atoms with Gasteiger partial charge in [0.2, 0.25) is 5.91 Å². The zero-order chi connectivity index (χ0) is 10.1. The second-order valence-corrected chi connectivity index (χ2v) is 5.21. The summed E-state index contributed by atoms with van der Waals surface area (Å²) in [5, 5.41) is 2.95. The van der Waals surface area contributed by atoms with Crippen LogP contribution >= 0.6 is 0 Å². The van der Waals surface area contributed by atoms with Crippen molar-refractivity contribution >= 4 is 5.91 Å². The van der Waals surface area contributed by atoms with Crippen LogP contribution in [0, 0.1) is 11.3 Å². The minimum atomic E-state index is 0.168. The molecule has 3 N–H and O–H groups in total. The van der Waals surface area contributed by atoms with E-state index < -0.39 is 0 Å². The Morgan fingerprint density at radius 3 is 2.38 bits per heavy atom. The molecule has 76 valence electrons. The van der Waals surface area contributed by atoms with E-state index in [2.05, 4.69) is 26.1 Å². The van der Waals surface area contributed by atoms with Crippen LogP contribution in [0.2, 0.25) is 0 Å². The maximum absolute atomic E-state index is 11.5. The highest BCUT2D eigenvalue weighted by molar-refractivity contribution is 5.79. The first-order valence-electron chi connectivity index (χ1n) is 4.92. The molecule has 0 aromatic heterocycles. The van der Waals surface area contributed by atoms with Gasteiger partial charge in [0.25, 0.3) is 0 Å². The predicted molar refractivity (Wildman–Crippen MR) is 53.2 cm³/mol. The van der Waals surface area contributed by atoms with Gasteiger partial charge in [0.1, 0.15) is 0 Å². The molecular weight excluding hydrogens is 164 g/mol. The summed E-state index contributed by atoms with van der Waals surface area (Å²) in [5.41, 5.74) is 5.78. The zero-order valence-corrected chi connectivity index (χ0v) is 8.76. The number of carbonyl (C=O) groups excluding carboxylic acids is 1. The molecule has 0 unspecified atom stereocenters. The van der Waals surface area contributed by atoms with Crippen molar-refractivity contribution in [3.05, 3.63) is 0 Å². The third kappa shape index (κ3) is 3.35. The Morgan fingerprint density at radius 1 is 1.46 bits per heavy atom. The number of amides is 1. The highest BCUT2D eigenvalue weighted by Crippen LogP contribution is 2.25. The van der Waals surface area contributed by atoms with Gasteiger partial charge in [-0.2, -0.15) is 0 Å². The van der Waals surface area contributed by atoms with Crippen molar-refractivity contribution in [3.63, 3.8) is 0 Å². The summed E-state index contributed by atoms with van der Waals surface area (Å²) < 4.78 is 0. The third-order valence-corrected chi connectivity index (χ3v) is 2.34. The monoisotopic (exact) mass is 184 g/mol. The van der Waals surface area contributed by atoms with E-state index in [0.29, 0.717) is 0 Å². The maximum Gasteiger partial charge on any atom is 0.223 e. The molecule has 0 aliphatic heterocycles. The van der Waals surface area contributed by atoms with Crippen LogP contribution in [-0.4, -0.2) is 18.5 Å². The molecule has 1 saturated carbocycles. The molecular formula is C10H20N2O. The molecule has 1 aliphatic carbocycles. The van der Waals surface area contributed by atoms with Crippen molar-refractivity contribution < 1.29 is 4.79 Å². The van der Waals surface area contributed by atoms with Crippen LogP contribution < -0.4 is 11.1 Å². The molecule has 0 bridgehead atoms. The van der Waals surface area contributed by atoms with Crippen molar-refractivity contribution in [2.45, 2.75) is 39.7 Å². The summed E-state index contributed by atoms with van der Waals surface area (Å²) in [6, 6.07) is 0.255. The second-order valence-electron chi connectivity index (χ2n) is 5.21. The molecule has 13 heavy (non-hydrogen) atoms. The lowest BCUT2D eigenvalue weighted by atomic mass is 9.80. The summed E-state index contributed by atoms with van der Waals surface area (Å²) in [6.45, 7) is 7.08. The van der Waals surface area contributed by atoms with E-state index in [-0.39, 0.29) is 23.3 Å². The fraction of sp³-hybridized carbons (Fsp3) is 0.900. The Bertz CT molecular complexity index is 190. The minimum Gasteiger partial charge on any atom is -0.355 e. The number of rotatable bonds is 2. The first-order valence-corrected chi connectivity index (χ1v) is 4.92. The van der Waals surface area contributed by atoms with Gasteiger partial charge >= 0.3 is 0 Å². The molecule has 1 fully saturated rings. The number of nitrogens with one attached hydrogen (secondary N) is 1. The first kappa shape index (κ1) is 10.5. The summed E-state index contributed by atoms with van der Waals surface area (Å²) >= 11 is 0. The molecule has 1 amide bonds. The van der Waals surface area contributed by atoms with E-state index in [1.54, 1.807) is 0 Å². The molecule has 0 heterocycles. The quantitative estimate of drug-likeness (QED) is 0.669. The van der Waals surface area contributed by atoms with Crippen LogP contribution in [0.25, 0.3) is 0 Å². The minimum absolute atomic E-state index is 0.168. The molecule has 3 heteroatoms. The van der Waals surface area contributed by atoms with Gasteiger partial charge in [-0.05, 0) is 18.3 Å². The van der Waals surface area contributed by atoms with E-state index in [1.807, 2.05) is 0 Å². The van der Waals surface area contributed by atoms with E-state index in [9.17, 15) is 4.79 Å². The molecule has 0 spiro atoms. The summed E-state index contributed by atoms with van der Waals surface area (Å²) in [5.74, 6) is 0.356. The fourth-order valence-corrected chi connectivity index (χ4v) is 1.37. The number of nitrogens with two attached hydrogens (primary N) is 1. The standard InChI is InChI=1S/C10H20N2O/c1-10(2,3)6-12-9(13)7-4-8(11)5-7/h7-8H,4-6,11H2,1-3H3,(H,12,13). The Balaban J connectivity index is 2.19. The summed E-state index contributed by atoms with van der Waals surface area (Å²) in [7, 11) is 0. The van der Waals surface area contributed by atoms with Crippen LogP contribution in [-0.2, 0) is 4.79 Å². The molecule has 3 nitrogen and oxygen atoms in total. The van der Waals surface area contributed by atoms with E-state index in [0.717, 1.165) is 19.4 Å². The Labute approximate surface area is 80.1 Å². The van der Waals surface area contributed by atoms with Crippen LogP contribution in [0.5, 0.6) is 0 Å². The maximum atomic E-state index is 11.5. The molecule has 0 saturated heterocycles. The fourth-order valence-electron chi connectivity index (χ4n) is 1.37. The molecule has 1 rings (SSSR count). The molecule has 0 atom stereocenters. The van der Waals surface area contributed by atoms with Crippen LogP contribution in [0.1, 0.15) is 33.6 Å². The Kier molecular flexibility index (Phi) is 2.96. The van der Waals surface area contributed by atoms with Gasteiger partial charge in [-0.15, -0.1) is 0 Å². The molecule has 0 aromatic carbocycles. The van der Waals surface area contributed by atoms with Gasteiger partial charge < -0.3 is 11.1 Å². The molecule has 0 radical (unpaired) electrons. The average molecular weight is 184 g/mol. The van der Waals surface area contributed by atoms with Crippen molar-refractivity contribution in [2.75, 3.05) is 6.54 Å². The van der Waals surface area contributed by atoms with E-state index >= 15 is 0 Å².